The minimum Gasteiger partial charge on any atom is -0.462 e. The number of thioether (sulfide) groups is 1. The fourth-order valence-corrected chi connectivity index (χ4v) is 3.04. The fourth-order valence-electron chi connectivity index (χ4n) is 1.55. The van der Waals surface area contributed by atoms with Crippen molar-refractivity contribution < 1.29 is 9.21 Å². The Morgan fingerprint density at radius 3 is 2.96 bits per heavy atom. The smallest absolute Gasteiger partial charge is 0.268 e. The van der Waals surface area contributed by atoms with Crippen LogP contribution >= 0.6 is 23.3 Å². The summed E-state index contributed by atoms with van der Waals surface area (Å²) in [5.74, 6) is 2.08. The first-order chi connectivity index (χ1) is 11.0. The number of anilines is 1. The summed E-state index contributed by atoms with van der Waals surface area (Å²) in [5, 5.41) is 12.7. The van der Waals surface area contributed by atoms with Gasteiger partial charge in [0, 0.05) is 23.4 Å². The molecule has 2 aromatic heterocycles. The van der Waals surface area contributed by atoms with Crippen molar-refractivity contribution in [3.05, 3.63) is 29.2 Å². The summed E-state index contributed by atoms with van der Waals surface area (Å²) < 4.78 is 9.51. The lowest BCUT2D eigenvalue weighted by molar-refractivity contribution is -0.112. The minimum atomic E-state index is -0.530. The maximum atomic E-state index is 12.1. The van der Waals surface area contributed by atoms with Gasteiger partial charge in [-0.1, -0.05) is 25.6 Å². The summed E-state index contributed by atoms with van der Waals surface area (Å²) in [6, 6.07) is 5.33. The Morgan fingerprint density at radius 2 is 2.35 bits per heavy atom. The van der Waals surface area contributed by atoms with E-state index in [0.717, 1.165) is 17.3 Å². The maximum absolute atomic E-state index is 12.1. The van der Waals surface area contributed by atoms with Crippen molar-refractivity contribution in [2.45, 2.75) is 25.9 Å². The van der Waals surface area contributed by atoms with E-state index >= 15 is 0 Å². The lowest BCUT2D eigenvalue weighted by Gasteiger charge is -2.00. The Hall–Kier alpha value is -2.11. The molecule has 0 aliphatic carbocycles. The number of rotatable bonds is 6. The van der Waals surface area contributed by atoms with Crippen LogP contribution in [0.15, 0.2) is 27.3 Å². The molecule has 0 aromatic carbocycles. The van der Waals surface area contributed by atoms with Gasteiger partial charge in [0.2, 0.25) is 10.3 Å². The van der Waals surface area contributed by atoms with Crippen molar-refractivity contribution in [1.82, 2.24) is 9.36 Å². The van der Waals surface area contributed by atoms with Gasteiger partial charge in [-0.15, -0.1) is 0 Å². The van der Waals surface area contributed by atoms with Crippen LogP contribution in [0.2, 0.25) is 0 Å². The molecule has 0 bridgehead atoms. The number of furan rings is 1. The second-order valence-corrected chi connectivity index (χ2v) is 6.90. The van der Waals surface area contributed by atoms with Gasteiger partial charge < -0.3 is 4.42 Å². The largest absolute Gasteiger partial charge is 0.462 e. The third-order valence-corrected chi connectivity index (χ3v) is 4.61. The third-order valence-electron chi connectivity index (χ3n) is 2.59. The Balaban J connectivity index is 2.02. The number of carbonyl (C=O) groups is 1. The van der Waals surface area contributed by atoms with E-state index in [-0.39, 0.29) is 5.57 Å². The van der Waals surface area contributed by atoms with Crippen LogP contribution in [0.1, 0.15) is 25.4 Å². The highest BCUT2D eigenvalue weighted by atomic mass is 32.2. The van der Waals surface area contributed by atoms with Crippen molar-refractivity contribution in [3.63, 3.8) is 0 Å². The zero-order valence-corrected chi connectivity index (χ0v) is 14.6. The van der Waals surface area contributed by atoms with E-state index in [1.165, 1.54) is 17.8 Å². The van der Waals surface area contributed by atoms with Crippen molar-refractivity contribution in [2.24, 2.45) is 5.92 Å². The fraction of sp³-hybridized carbons (Fsp3) is 0.333. The molecule has 0 radical (unpaired) electrons. The quantitative estimate of drug-likeness (QED) is 0.486. The van der Waals surface area contributed by atoms with Crippen LogP contribution in [0.3, 0.4) is 0 Å². The van der Waals surface area contributed by atoms with Gasteiger partial charge in [-0.2, -0.15) is 14.6 Å². The molecule has 1 N–H and O–H groups in total. The summed E-state index contributed by atoms with van der Waals surface area (Å²) in [5.41, 5.74) is -0.0501. The van der Waals surface area contributed by atoms with E-state index in [0.29, 0.717) is 27.7 Å². The lowest BCUT2D eigenvalue weighted by Crippen LogP contribution is -2.13. The molecule has 0 saturated carbocycles. The normalized spacial score (nSPS) is 11.5. The SMILES string of the molecule is Cc1ccc(C=C(C#N)C(=O)Nc2nc(SCC(C)C)ns2)o1. The topological polar surface area (TPSA) is 91.8 Å². The van der Waals surface area contributed by atoms with Crippen molar-refractivity contribution in [1.29, 1.82) is 5.26 Å². The number of hydrogen-bond acceptors (Lipinski definition) is 7. The number of aromatic nitrogens is 2. The first-order valence-corrected chi connectivity index (χ1v) is 8.70. The highest BCUT2D eigenvalue weighted by molar-refractivity contribution is 7.99. The van der Waals surface area contributed by atoms with Crippen LogP contribution in [0.5, 0.6) is 0 Å². The monoisotopic (exact) mass is 348 g/mol. The predicted molar refractivity (Wildman–Crippen MR) is 91.1 cm³/mol. The summed E-state index contributed by atoms with van der Waals surface area (Å²) in [6.45, 7) is 6.02. The Labute approximate surface area is 142 Å². The molecule has 2 aromatic rings. The lowest BCUT2D eigenvalue weighted by atomic mass is 10.2. The van der Waals surface area contributed by atoms with E-state index in [4.69, 9.17) is 9.68 Å². The highest BCUT2D eigenvalue weighted by Gasteiger charge is 2.14. The van der Waals surface area contributed by atoms with Crippen LogP contribution in [-0.4, -0.2) is 21.0 Å². The van der Waals surface area contributed by atoms with Crippen LogP contribution in [0.4, 0.5) is 5.13 Å². The zero-order chi connectivity index (χ0) is 16.8. The van der Waals surface area contributed by atoms with Gasteiger partial charge in [-0.3, -0.25) is 10.1 Å². The van der Waals surface area contributed by atoms with E-state index in [2.05, 4.69) is 28.5 Å². The summed E-state index contributed by atoms with van der Waals surface area (Å²) in [6.07, 6.45) is 1.40. The molecular weight excluding hydrogens is 332 g/mol. The molecule has 0 saturated heterocycles. The van der Waals surface area contributed by atoms with Gasteiger partial charge in [-0.25, -0.2) is 0 Å². The van der Waals surface area contributed by atoms with Crippen LogP contribution < -0.4 is 5.32 Å². The molecule has 2 rings (SSSR count). The second-order valence-electron chi connectivity index (χ2n) is 5.16. The Bertz CT molecular complexity index is 756. The van der Waals surface area contributed by atoms with Crippen molar-refractivity contribution in [2.75, 3.05) is 11.1 Å². The molecule has 6 nitrogen and oxygen atoms in total. The molecule has 23 heavy (non-hydrogen) atoms. The molecule has 0 spiro atoms. The zero-order valence-electron chi connectivity index (χ0n) is 13.0. The number of hydrogen-bond donors (Lipinski definition) is 1. The van der Waals surface area contributed by atoms with E-state index in [1.807, 2.05) is 6.07 Å². The van der Waals surface area contributed by atoms with Crippen molar-refractivity contribution in [3.8, 4) is 6.07 Å². The first kappa shape index (κ1) is 17.2. The predicted octanol–water partition coefficient (Wildman–Crippen LogP) is 3.73. The first-order valence-electron chi connectivity index (χ1n) is 6.94. The number of aryl methyl sites for hydroxylation is 1. The molecule has 0 unspecified atom stereocenters. The third kappa shape index (κ3) is 5.23. The number of carbonyl (C=O) groups excluding carboxylic acids is 1. The minimum absolute atomic E-state index is 0.0501. The van der Waals surface area contributed by atoms with E-state index in [1.54, 1.807) is 19.1 Å². The molecule has 0 fully saturated rings. The molecule has 8 heteroatoms. The summed E-state index contributed by atoms with van der Waals surface area (Å²) in [4.78, 5) is 16.3. The molecule has 1 amide bonds. The highest BCUT2D eigenvalue weighted by Crippen LogP contribution is 2.22. The van der Waals surface area contributed by atoms with Crippen LogP contribution in [-0.2, 0) is 4.79 Å². The van der Waals surface area contributed by atoms with Crippen LogP contribution in [0.25, 0.3) is 6.08 Å². The molecule has 0 aliphatic rings. The molecule has 0 aliphatic heterocycles. The molecule has 0 atom stereocenters. The van der Waals surface area contributed by atoms with Gasteiger partial charge >= 0.3 is 0 Å². The second kappa shape index (κ2) is 7.94. The van der Waals surface area contributed by atoms with Gasteiger partial charge in [0.1, 0.15) is 23.2 Å². The average Bonchev–Trinajstić information content (AvgIpc) is 3.11. The Kier molecular flexibility index (Phi) is 5.96. The van der Waals surface area contributed by atoms with Crippen molar-refractivity contribution >= 4 is 40.4 Å². The van der Waals surface area contributed by atoms with Gasteiger partial charge in [-0.05, 0) is 25.0 Å². The summed E-state index contributed by atoms with van der Waals surface area (Å²) in [7, 11) is 0. The standard InChI is InChI=1S/C15H16N4O2S2/c1-9(2)8-22-15-18-14(23-19-15)17-13(20)11(7-16)6-12-5-4-10(3)21-12/h4-6,9H,8H2,1-3H3,(H,17,18,19,20). The molecule has 2 heterocycles. The van der Waals surface area contributed by atoms with E-state index in [9.17, 15) is 4.79 Å². The average molecular weight is 348 g/mol. The van der Waals surface area contributed by atoms with Gasteiger partial charge in [0.05, 0.1) is 0 Å². The Morgan fingerprint density at radius 1 is 1.57 bits per heavy atom. The van der Waals surface area contributed by atoms with Gasteiger partial charge in [0.15, 0.2) is 0 Å². The van der Waals surface area contributed by atoms with E-state index < -0.39 is 5.91 Å². The van der Waals surface area contributed by atoms with Crippen LogP contribution in [0, 0.1) is 24.2 Å². The number of amides is 1. The number of nitriles is 1. The van der Waals surface area contributed by atoms with Gasteiger partial charge in [0.25, 0.3) is 5.91 Å². The number of nitrogens with zero attached hydrogens (tertiary/aromatic N) is 3. The maximum Gasteiger partial charge on any atom is 0.268 e. The molecular formula is C15H16N4O2S2. The molecule has 120 valence electrons. The number of nitrogens with one attached hydrogen (secondary N) is 1. The summed E-state index contributed by atoms with van der Waals surface area (Å²) >= 11 is 2.63.